The molecule has 0 spiro atoms. The van der Waals surface area contributed by atoms with Crippen molar-refractivity contribution in [3.05, 3.63) is 23.8 Å². The van der Waals surface area contributed by atoms with Crippen LogP contribution in [0.15, 0.2) is 23.1 Å². The Kier molecular flexibility index (Phi) is 5.13. The second-order valence-electron chi connectivity index (χ2n) is 4.04. The second-order valence-corrected chi connectivity index (χ2v) is 6.09. The summed E-state index contributed by atoms with van der Waals surface area (Å²) < 4.78 is 30.8. The van der Waals surface area contributed by atoms with E-state index >= 15 is 0 Å². The maximum Gasteiger partial charge on any atom is 0.242 e. The first-order chi connectivity index (χ1) is 8.39. The van der Waals surface area contributed by atoms with Gasteiger partial charge in [-0.1, -0.05) is 6.07 Å². The Bertz CT molecular complexity index is 500. The second kappa shape index (κ2) is 6.17. The molecule has 0 saturated carbocycles. The van der Waals surface area contributed by atoms with E-state index in [4.69, 9.17) is 10.5 Å². The smallest absolute Gasteiger partial charge is 0.242 e. The van der Waals surface area contributed by atoms with Crippen LogP contribution in [0, 0.1) is 6.92 Å². The molecular weight excluding hydrogens is 252 g/mol. The zero-order valence-electron chi connectivity index (χ0n) is 11.0. The van der Waals surface area contributed by atoms with Crippen molar-refractivity contribution in [3.63, 3.8) is 0 Å². The van der Waals surface area contributed by atoms with Gasteiger partial charge in [-0.2, -0.15) is 4.31 Å². The van der Waals surface area contributed by atoms with E-state index < -0.39 is 10.0 Å². The third kappa shape index (κ3) is 3.44. The number of nitrogens with zero attached hydrogens (tertiary/aromatic N) is 1. The number of rotatable bonds is 6. The Hall–Kier alpha value is -1.11. The highest BCUT2D eigenvalue weighted by molar-refractivity contribution is 7.89. The van der Waals surface area contributed by atoms with Crippen molar-refractivity contribution < 1.29 is 13.2 Å². The fraction of sp³-hybridized carbons (Fsp3) is 0.500. The van der Waals surface area contributed by atoms with Gasteiger partial charge in [0.1, 0.15) is 0 Å². The third-order valence-electron chi connectivity index (χ3n) is 2.71. The monoisotopic (exact) mass is 272 g/mol. The molecule has 2 N–H and O–H groups in total. The summed E-state index contributed by atoms with van der Waals surface area (Å²) in [6.07, 6.45) is 0. The highest BCUT2D eigenvalue weighted by atomic mass is 32.2. The van der Waals surface area contributed by atoms with Gasteiger partial charge in [-0.25, -0.2) is 8.42 Å². The molecule has 0 aliphatic heterocycles. The molecular formula is C12H20N2O3S. The van der Waals surface area contributed by atoms with Crippen LogP contribution in [0.5, 0.6) is 0 Å². The Morgan fingerprint density at radius 3 is 2.61 bits per heavy atom. The molecule has 6 heteroatoms. The average molecular weight is 272 g/mol. The lowest BCUT2D eigenvalue weighted by atomic mass is 10.2. The number of nitrogen functional groups attached to an aromatic ring is 1. The van der Waals surface area contributed by atoms with Crippen LogP contribution in [0.25, 0.3) is 0 Å². The standard InChI is InChI=1S/C12H20N2O3S/c1-4-17-8-7-14(3)18(15,16)11-6-5-10(2)12(13)9-11/h5-6,9H,4,7-8,13H2,1-3H3. The van der Waals surface area contributed by atoms with Crippen molar-refractivity contribution in [3.8, 4) is 0 Å². The van der Waals surface area contributed by atoms with Gasteiger partial charge in [-0.3, -0.25) is 0 Å². The quantitative estimate of drug-likeness (QED) is 0.624. The van der Waals surface area contributed by atoms with Crippen molar-refractivity contribution in [2.45, 2.75) is 18.7 Å². The number of benzene rings is 1. The lowest BCUT2D eigenvalue weighted by Crippen LogP contribution is -2.30. The first-order valence-electron chi connectivity index (χ1n) is 5.79. The average Bonchev–Trinajstić information content (AvgIpc) is 2.32. The summed E-state index contributed by atoms with van der Waals surface area (Å²) in [6.45, 7) is 4.99. The van der Waals surface area contributed by atoms with Crippen molar-refractivity contribution in [2.75, 3.05) is 32.5 Å². The van der Waals surface area contributed by atoms with E-state index in [1.165, 1.54) is 17.4 Å². The molecule has 18 heavy (non-hydrogen) atoms. The van der Waals surface area contributed by atoms with Crippen molar-refractivity contribution in [1.82, 2.24) is 4.31 Å². The van der Waals surface area contributed by atoms with E-state index in [1.807, 2.05) is 13.8 Å². The van der Waals surface area contributed by atoms with Crippen molar-refractivity contribution >= 4 is 15.7 Å². The molecule has 1 aromatic rings. The summed E-state index contributed by atoms with van der Waals surface area (Å²) in [5.41, 5.74) is 7.08. The molecule has 0 radical (unpaired) electrons. The highest BCUT2D eigenvalue weighted by Gasteiger charge is 2.20. The minimum absolute atomic E-state index is 0.213. The topological polar surface area (TPSA) is 72.6 Å². The molecule has 102 valence electrons. The van der Waals surface area contributed by atoms with E-state index in [0.717, 1.165) is 5.56 Å². The molecule has 0 aromatic heterocycles. The first-order valence-corrected chi connectivity index (χ1v) is 7.23. The fourth-order valence-corrected chi connectivity index (χ4v) is 2.61. The van der Waals surface area contributed by atoms with Crippen LogP contribution in [0.2, 0.25) is 0 Å². The molecule has 1 rings (SSSR count). The zero-order chi connectivity index (χ0) is 13.8. The Balaban J connectivity index is 2.88. The molecule has 0 bridgehead atoms. The van der Waals surface area contributed by atoms with Gasteiger partial charge in [0, 0.05) is 25.9 Å². The van der Waals surface area contributed by atoms with Crippen molar-refractivity contribution in [1.29, 1.82) is 0 Å². The number of aryl methyl sites for hydroxylation is 1. The first kappa shape index (κ1) is 14.9. The van der Waals surface area contributed by atoms with Crippen LogP contribution in [-0.4, -0.2) is 39.5 Å². The van der Waals surface area contributed by atoms with Gasteiger partial charge in [0.2, 0.25) is 10.0 Å². The predicted octanol–water partition coefficient (Wildman–Crippen LogP) is 1.23. The van der Waals surface area contributed by atoms with Crippen LogP contribution < -0.4 is 5.73 Å². The summed E-state index contributed by atoms with van der Waals surface area (Å²) in [7, 11) is -1.95. The molecule has 0 atom stereocenters. The summed E-state index contributed by atoms with van der Waals surface area (Å²) in [5, 5.41) is 0. The molecule has 5 nitrogen and oxygen atoms in total. The van der Waals surface area contributed by atoms with Gasteiger partial charge in [-0.15, -0.1) is 0 Å². The van der Waals surface area contributed by atoms with E-state index in [1.54, 1.807) is 12.1 Å². The van der Waals surface area contributed by atoms with E-state index in [9.17, 15) is 8.42 Å². The van der Waals surface area contributed by atoms with Crippen LogP contribution >= 0.6 is 0 Å². The minimum atomic E-state index is -3.49. The summed E-state index contributed by atoms with van der Waals surface area (Å²) in [5.74, 6) is 0. The Morgan fingerprint density at radius 1 is 1.39 bits per heavy atom. The molecule has 0 heterocycles. The van der Waals surface area contributed by atoms with Crippen LogP contribution in [-0.2, 0) is 14.8 Å². The number of hydrogen-bond acceptors (Lipinski definition) is 4. The lowest BCUT2D eigenvalue weighted by molar-refractivity contribution is 0.138. The fourth-order valence-electron chi connectivity index (χ4n) is 1.42. The number of nitrogens with two attached hydrogens (primary N) is 1. The number of ether oxygens (including phenoxy) is 1. The van der Waals surface area contributed by atoms with Crippen LogP contribution in [0.1, 0.15) is 12.5 Å². The summed E-state index contributed by atoms with van der Waals surface area (Å²) in [6, 6.07) is 4.76. The van der Waals surface area contributed by atoms with Gasteiger partial charge in [0.25, 0.3) is 0 Å². The molecule has 0 aliphatic carbocycles. The molecule has 0 unspecified atom stereocenters. The third-order valence-corrected chi connectivity index (χ3v) is 4.57. The van der Waals surface area contributed by atoms with Crippen LogP contribution in [0.4, 0.5) is 5.69 Å². The Labute approximate surface area is 109 Å². The van der Waals surface area contributed by atoms with Crippen molar-refractivity contribution in [2.24, 2.45) is 0 Å². The van der Waals surface area contributed by atoms with Crippen LogP contribution in [0.3, 0.4) is 0 Å². The number of sulfonamides is 1. The molecule has 0 amide bonds. The lowest BCUT2D eigenvalue weighted by Gasteiger charge is -2.17. The molecule has 1 aromatic carbocycles. The molecule has 0 saturated heterocycles. The minimum Gasteiger partial charge on any atom is -0.398 e. The number of hydrogen-bond donors (Lipinski definition) is 1. The van der Waals surface area contributed by atoms with Gasteiger partial charge < -0.3 is 10.5 Å². The highest BCUT2D eigenvalue weighted by Crippen LogP contribution is 2.19. The summed E-state index contributed by atoms with van der Waals surface area (Å²) >= 11 is 0. The van der Waals surface area contributed by atoms with Gasteiger partial charge in [0.15, 0.2) is 0 Å². The maximum atomic E-state index is 12.2. The van der Waals surface area contributed by atoms with E-state index in [-0.39, 0.29) is 4.90 Å². The van der Waals surface area contributed by atoms with E-state index in [0.29, 0.717) is 25.4 Å². The van der Waals surface area contributed by atoms with Gasteiger partial charge in [-0.05, 0) is 31.5 Å². The SMILES string of the molecule is CCOCCN(C)S(=O)(=O)c1ccc(C)c(N)c1. The normalized spacial score (nSPS) is 12.0. The predicted molar refractivity (Wildman–Crippen MR) is 71.9 cm³/mol. The Morgan fingerprint density at radius 2 is 2.06 bits per heavy atom. The largest absolute Gasteiger partial charge is 0.398 e. The summed E-state index contributed by atoms with van der Waals surface area (Å²) in [4.78, 5) is 0.213. The van der Waals surface area contributed by atoms with E-state index in [2.05, 4.69) is 0 Å². The van der Waals surface area contributed by atoms with Gasteiger partial charge in [0.05, 0.1) is 11.5 Å². The number of anilines is 1. The number of likely N-dealkylation sites (N-methyl/N-ethyl adjacent to an activating group) is 1. The zero-order valence-corrected chi connectivity index (χ0v) is 11.8. The molecule has 0 aliphatic rings. The van der Waals surface area contributed by atoms with Gasteiger partial charge >= 0.3 is 0 Å². The molecule has 0 fully saturated rings. The maximum absolute atomic E-state index is 12.2.